The Kier molecular flexibility index (Phi) is 2.64. The fraction of sp³-hybridized carbons (Fsp3) is 0.750. The van der Waals surface area contributed by atoms with Crippen LogP contribution in [0.2, 0.25) is 0 Å². The predicted molar refractivity (Wildman–Crippen MR) is 52.3 cm³/mol. The average Bonchev–Trinajstić information content (AvgIpc) is 2.68. The Labute approximate surface area is 82.7 Å². The van der Waals surface area contributed by atoms with Crippen LogP contribution >= 0.6 is 0 Å². The average molecular weight is 197 g/mol. The number of nitrogens with one attached hydrogen (secondary N) is 2. The van der Waals surface area contributed by atoms with Crippen LogP contribution in [0.3, 0.4) is 0 Å². The first-order chi connectivity index (χ1) is 6.77. The molecule has 1 atom stereocenters. The third-order valence-electron chi connectivity index (χ3n) is 2.14. The molecule has 2 N–H and O–H groups in total. The maximum Gasteiger partial charge on any atom is 0.244 e. The number of anilines is 1. The van der Waals surface area contributed by atoms with Crippen molar-refractivity contribution in [2.45, 2.75) is 6.04 Å². The molecule has 0 bridgehead atoms. The SMILES string of the molecule is CN(C)c1n[nH]c(C2COCCN2)n1. The first kappa shape index (κ1) is 9.42. The number of rotatable bonds is 2. The molecular weight excluding hydrogens is 182 g/mol. The monoisotopic (exact) mass is 197 g/mol. The van der Waals surface area contributed by atoms with Crippen molar-refractivity contribution in [3.05, 3.63) is 5.82 Å². The molecule has 1 unspecified atom stereocenters. The van der Waals surface area contributed by atoms with Gasteiger partial charge in [-0.05, 0) is 0 Å². The first-order valence-electron chi connectivity index (χ1n) is 4.68. The minimum atomic E-state index is 0.143. The molecule has 0 amide bonds. The lowest BCUT2D eigenvalue weighted by molar-refractivity contribution is 0.0743. The molecule has 0 saturated carbocycles. The molecule has 14 heavy (non-hydrogen) atoms. The predicted octanol–water partition coefficient (Wildman–Crippen LogP) is -0.468. The summed E-state index contributed by atoms with van der Waals surface area (Å²) in [6.07, 6.45) is 0. The Morgan fingerprint density at radius 1 is 1.50 bits per heavy atom. The highest BCUT2D eigenvalue weighted by atomic mass is 16.5. The van der Waals surface area contributed by atoms with Crippen LogP contribution in [0, 0.1) is 0 Å². The van der Waals surface area contributed by atoms with Gasteiger partial charge in [0, 0.05) is 20.6 Å². The van der Waals surface area contributed by atoms with E-state index in [2.05, 4.69) is 20.5 Å². The number of hydrogen-bond acceptors (Lipinski definition) is 5. The largest absolute Gasteiger partial charge is 0.378 e. The smallest absolute Gasteiger partial charge is 0.244 e. The molecule has 6 heteroatoms. The van der Waals surface area contributed by atoms with Gasteiger partial charge in [-0.1, -0.05) is 0 Å². The number of ether oxygens (including phenoxy) is 1. The molecule has 1 aromatic heterocycles. The Hall–Kier alpha value is -1.14. The fourth-order valence-electron chi connectivity index (χ4n) is 1.36. The zero-order valence-corrected chi connectivity index (χ0v) is 8.45. The lowest BCUT2D eigenvalue weighted by Gasteiger charge is -2.21. The summed E-state index contributed by atoms with van der Waals surface area (Å²) in [5.41, 5.74) is 0. The maximum atomic E-state index is 5.34. The summed E-state index contributed by atoms with van der Waals surface area (Å²) in [4.78, 5) is 6.21. The summed E-state index contributed by atoms with van der Waals surface area (Å²) < 4.78 is 5.34. The van der Waals surface area contributed by atoms with Crippen LogP contribution in [-0.2, 0) is 4.74 Å². The summed E-state index contributed by atoms with van der Waals surface area (Å²) in [7, 11) is 3.83. The third kappa shape index (κ3) is 1.85. The third-order valence-corrected chi connectivity index (χ3v) is 2.14. The fourth-order valence-corrected chi connectivity index (χ4v) is 1.36. The molecule has 6 nitrogen and oxygen atoms in total. The van der Waals surface area contributed by atoms with Gasteiger partial charge in [-0.3, -0.25) is 5.10 Å². The van der Waals surface area contributed by atoms with Crippen LogP contribution in [0.25, 0.3) is 0 Å². The molecular formula is C8H15N5O. The Morgan fingerprint density at radius 2 is 2.36 bits per heavy atom. The zero-order valence-electron chi connectivity index (χ0n) is 8.45. The van der Waals surface area contributed by atoms with Crippen molar-refractivity contribution in [1.29, 1.82) is 0 Å². The molecule has 0 aromatic carbocycles. The van der Waals surface area contributed by atoms with Crippen molar-refractivity contribution in [2.24, 2.45) is 0 Å². The summed E-state index contributed by atoms with van der Waals surface area (Å²) in [6, 6.07) is 0.143. The second kappa shape index (κ2) is 3.93. The van der Waals surface area contributed by atoms with Crippen molar-refractivity contribution >= 4 is 5.95 Å². The van der Waals surface area contributed by atoms with Gasteiger partial charge in [-0.15, -0.1) is 5.10 Å². The van der Waals surface area contributed by atoms with Crippen molar-refractivity contribution in [3.8, 4) is 0 Å². The Balaban J connectivity index is 2.07. The van der Waals surface area contributed by atoms with Gasteiger partial charge >= 0.3 is 0 Å². The number of hydrogen-bond donors (Lipinski definition) is 2. The quantitative estimate of drug-likeness (QED) is 0.671. The van der Waals surface area contributed by atoms with E-state index in [1.165, 1.54) is 0 Å². The number of morpholine rings is 1. The molecule has 1 aromatic rings. The van der Waals surface area contributed by atoms with Crippen LogP contribution in [0.15, 0.2) is 0 Å². The van der Waals surface area contributed by atoms with Crippen LogP contribution in [0.4, 0.5) is 5.95 Å². The summed E-state index contributed by atoms with van der Waals surface area (Å²) in [5.74, 6) is 1.54. The van der Waals surface area contributed by atoms with Crippen molar-refractivity contribution in [1.82, 2.24) is 20.5 Å². The Morgan fingerprint density at radius 3 is 2.93 bits per heavy atom. The lowest BCUT2D eigenvalue weighted by Crippen LogP contribution is -2.35. The van der Waals surface area contributed by atoms with Crippen LogP contribution in [-0.4, -0.2) is 49.0 Å². The van der Waals surface area contributed by atoms with Gasteiger partial charge in [-0.25, -0.2) is 0 Å². The first-order valence-corrected chi connectivity index (χ1v) is 4.68. The van der Waals surface area contributed by atoms with Gasteiger partial charge in [0.15, 0.2) is 0 Å². The molecule has 78 valence electrons. The van der Waals surface area contributed by atoms with Crippen LogP contribution < -0.4 is 10.2 Å². The summed E-state index contributed by atoms with van der Waals surface area (Å²) in [6.45, 7) is 2.29. The van der Waals surface area contributed by atoms with E-state index in [9.17, 15) is 0 Å². The molecule has 0 aliphatic carbocycles. The Bertz CT molecular complexity index is 292. The van der Waals surface area contributed by atoms with E-state index in [0.29, 0.717) is 12.6 Å². The van der Waals surface area contributed by atoms with Gasteiger partial charge in [0.25, 0.3) is 0 Å². The van der Waals surface area contributed by atoms with E-state index < -0.39 is 0 Å². The molecule has 0 radical (unpaired) electrons. The van der Waals surface area contributed by atoms with Crippen LogP contribution in [0.1, 0.15) is 11.9 Å². The van der Waals surface area contributed by atoms with Gasteiger partial charge < -0.3 is 15.0 Å². The van der Waals surface area contributed by atoms with E-state index in [1.807, 2.05) is 19.0 Å². The molecule has 0 spiro atoms. The van der Waals surface area contributed by atoms with Crippen molar-refractivity contribution in [2.75, 3.05) is 38.8 Å². The molecule has 1 aliphatic rings. The van der Waals surface area contributed by atoms with Crippen LogP contribution in [0.5, 0.6) is 0 Å². The van der Waals surface area contributed by atoms with Gasteiger partial charge in [0.2, 0.25) is 5.95 Å². The minimum Gasteiger partial charge on any atom is -0.378 e. The summed E-state index contributed by atoms with van der Waals surface area (Å²) in [5, 5.41) is 10.3. The number of aromatic nitrogens is 3. The number of H-pyrrole nitrogens is 1. The van der Waals surface area contributed by atoms with Gasteiger partial charge in [-0.2, -0.15) is 4.98 Å². The standard InChI is InChI=1S/C8H15N5O/c1-13(2)8-10-7(11-12-8)6-5-14-4-3-9-6/h6,9H,3-5H2,1-2H3,(H,10,11,12). The van der Waals surface area contributed by atoms with E-state index in [1.54, 1.807) is 0 Å². The van der Waals surface area contributed by atoms with E-state index in [4.69, 9.17) is 4.74 Å². The topological polar surface area (TPSA) is 66.1 Å². The molecule has 2 rings (SSSR count). The highest BCUT2D eigenvalue weighted by Gasteiger charge is 2.19. The normalized spacial score (nSPS) is 22.3. The molecule has 2 heterocycles. The number of nitrogens with zero attached hydrogens (tertiary/aromatic N) is 3. The van der Waals surface area contributed by atoms with E-state index in [0.717, 1.165) is 19.0 Å². The maximum absolute atomic E-state index is 5.34. The molecule has 1 fully saturated rings. The van der Waals surface area contributed by atoms with E-state index in [-0.39, 0.29) is 6.04 Å². The minimum absolute atomic E-state index is 0.143. The summed E-state index contributed by atoms with van der Waals surface area (Å²) >= 11 is 0. The molecule has 1 aliphatic heterocycles. The number of aromatic amines is 1. The van der Waals surface area contributed by atoms with Crippen molar-refractivity contribution < 1.29 is 4.74 Å². The highest BCUT2D eigenvalue weighted by molar-refractivity contribution is 5.25. The second-order valence-corrected chi connectivity index (χ2v) is 3.50. The molecule has 1 saturated heterocycles. The van der Waals surface area contributed by atoms with Gasteiger partial charge in [0.1, 0.15) is 5.82 Å². The van der Waals surface area contributed by atoms with Crippen molar-refractivity contribution in [3.63, 3.8) is 0 Å². The highest BCUT2D eigenvalue weighted by Crippen LogP contribution is 2.13. The van der Waals surface area contributed by atoms with Gasteiger partial charge in [0.05, 0.1) is 19.3 Å². The second-order valence-electron chi connectivity index (χ2n) is 3.50. The lowest BCUT2D eigenvalue weighted by atomic mass is 10.3. The zero-order chi connectivity index (χ0) is 9.97. The van der Waals surface area contributed by atoms with E-state index >= 15 is 0 Å².